The van der Waals surface area contributed by atoms with Gasteiger partial charge in [-0.05, 0) is 36.9 Å². The molecule has 3 aromatic rings. The van der Waals surface area contributed by atoms with Gasteiger partial charge < -0.3 is 9.30 Å². The SMILES string of the molecule is CCOC(=O)[C@H](C)N1N=C(c2ccccc2)Cn2c(cc3sccc32)C1=O. The van der Waals surface area contributed by atoms with E-state index in [1.165, 1.54) is 5.01 Å². The molecule has 0 radical (unpaired) electrons. The minimum Gasteiger partial charge on any atom is -0.464 e. The van der Waals surface area contributed by atoms with Crippen molar-refractivity contribution in [3.8, 4) is 0 Å². The molecule has 0 aliphatic carbocycles. The molecule has 0 spiro atoms. The molecule has 0 bridgehead atoms. The van der Waals surface area contributed by atoms with Crippen molar-refractivity contribution in [2.24, 2.45) is 5.10 Å². The van der Waals surface area contributed by atoms with Gasteiger partial charge in [0.15, 0.2) is 6.04 Å². The molecule has 27 heavy (non-hydrogen) atoms. The number of nitrogens with zero attached hydrogens (tertiary/aromatic N) is 3. The zero-order valence-corrected chi connectivity index (χ0v) is 15.9. The fraction of sp³-hybridized carbons (Fsp3) is 0.250. The van der Waals surface area contributed by atoms with E-state index in [0.717, 1.165) is 21.5 Å². The highest BCUT2D eigenvalue weighted by Crippen LogP contribution is 2.29. The topological polar surface area (TPSA) is 63.9 Å². The van der Waals surface area contributed by atoms with Gasteiger partial charge in [-0.2, -0.15) is 5.10 Å². The molecule has 1 aliphatic rings. The number of hydrazone groups is 1. The summed E-state index contributed by atoms with van der Waals surface area (Å²) in [5, 5.41) is 7.85. The first-order chi connectivity index (χ1) is 13.1. The lowest BCUT2D eigenvalue weighted by Gasteiger charge is -2.22. The third-order valence-electron chi connectivity index (χ3n) is 4.59. The second-order valence-electron chi connectivity index (χ2n) is 6.28. The molecule has 1 aromatic carbocycles. The van der Waals surface area contributed by atoms with E-state index < -0.39 is 12.0 Å². The van der Waals surface area contributed by atoms with Crippen LogP contribution in [0.4, 0.5) is 0 Å². The maximum atomic E-state index is 13.2. The molecule has 0 unspecified atom stereocenters. The number of esters is 1. The van der Waals surface area contributed by atoms with E-state index in [1.54, 1.807) is 25.2 Å². The van der Waals surface area contributed by atoms with Crippen molar-refractivity contribution in [2.45, 2.75) is 26.4 Å². The molecule has 4 rings (SSSR count). The van der Waals surface area contributed by atoms with Gasteiger partial charge in [0.25, 0.3) is 5.91 Å². The van der Waals surface area contributed by atoms with Crippen LogP contribution in [0.1, 0.15) is 29.9 Å². The fourth-order valence-corrected chi connectivity index (χ4v) is 4.03. The van der Waals surface area contributed by atoms with Crippen LogP contribution in [0.3, 0.4) is 0 Å². The van der Waals surface area contributed by atoms with Crippen molar-refractivity contribution < 1.29 is 14.3 Å². The zero-order valence-electron chi connectivity index (χ0n) is 15.1. The second kappa shape index (κ2) is 7.00. The summed E-state index contributed by atoms with van der Waals surface area (Å²) in [6, 6.07) is 12.8. The predicted molar refractivity (Wildman–Crippen MR) is 105 cm³/mol. The lowest BCUT2D eigenvalue weighted by atomic mass is 10.1. The predicted octanol–water partition coefficient (Wildman–Crippen LogP) is 3.51. The molecule has 0 N–H and O–H groups in total. The van der Waals surface area contributed by atoms with Gasteiger partial charge in [-0.25, -0.2) is 9.80 Å². The Morgan fingerprint density at radius 1 is 1.30 bits per heavy atom. The van der Waals surface area contributed by atoms with Crippen LogP contribution in [0.25, 0.3) is 10.2 Å². The minimum absolute atomic E-state index is 0.257. The fourth-order valence-electron chi connectivity index (χ4n) is 3.20. The summed E-state index contributed by atoms with van der Waals surface area (Å²) in [5.41, 5.74) is 3.17. The number of hydrogen-bond acceptors (Lipinski definition) is 5. The second-order valence-corrected chi connectivity index (χ2v) is 7.22. The number of fused-ring (bicyclic) bond motifs is 3. The smallest absolute Gasteiger partial charge is 0.330 e. The average Bonchev–Trinajstić information content (AvgIpc) is 3.23. The van der Waals surface area contributed by atoms with E-state index in [2.05, 4.69) is 5.10 Å². The number of aromatic nitrogens is 1. The molecule has 2 aromatic heterocycles. The summed E-state index contributed by atoms with van der Waals surface area (Å²) in [4.78, 5) is 25.5. The molecule has 1 aliphatic heterocycles. The standard InChI is InChI=1S/C20H19N3O3S/c1-3-26-20(25)13(2)23-19(24)17-11-18-16(9-10-27-18)22(17)12-15(21-23)14-7-5-4-6-8-14/h4-11,13H,3,12H2,1-2H3/t13-/m0/s1. The number of benzene rings is 1. The number of amides is 1. The van der Waals surface area contributed by atoms with Crippen molar-refractivity contribution in [3.05, 3.63) is 59.1 Å². The zero-order chi connectivity index (χ0) is 19.0. The van der Waals surface area contributed by atoms with Gasteiger partial charge in [-0.3, -0.25) is 4.79 Å². The third kappa shape index (κ3) is 3.04. The van der Waals surface area contributed by atoms with E-state index in [0.29, 0.717) is 12.2 Å². The van der Waals surface area contributed by atoms with Gasteiger partial charge in [-0.1, -0.05) is 30.3 Å². The van der Waals surface area contributed by atoms with Gasteiger partial charge in [-0.15, -0.1) is 11.3 Å². The first kappa shape index (κ1) is 17.5. The monoisotopic (exact) mass is 381 g/mol. The van der Waals surface area contributed by atoms with Gasteiger partial charge >= 0.3 is 5.97 Å². The summed E-state index contributed by atoms with van der Waals surface area (Å²) in [7, 11) is 0. The Bertz CT molecular complexity index is 1040. The molecule has 1 atom stereocenters. The van der Waals surface area contributed by atoms with Crippen LogP contribution >= 0.6 is 11.3 Å². The summed E-state index contributed by atoms with van der Waals surface area (Å²) >= 11 is 1.59. The molecule has 1 amide bonds. The number of rotatable bonds is 4. The number of carbonyl (C=O) groups is 2. The van der Waals surface area contributed by atoms with Gasteiger partial charge in [0, 0.05) is 0 Å². The number of thiophene rings is 1. The number of carbonyl (C=O) groups excluding carboxylic acids is 2. The quantitative estimate of drug-likeness (QED) is 0.650. The van der Waals surface area contributed by atoms with Crippen LogP contribution < -0.4 is 0 Å². The lowest BCUT2D eigenvalue weighted by Crippen LogP contribution is -2.41. The largest absolute Gasteiger partial charge is 0.464 e. The number of ether oxygens (including phenoxy) is 1. The Kier molecular flexibility index (Phi) is 4.53. The van der Waals surface area contributed by atoms with Crippen LogP contribution in [0.5, 0.6) is 0 Å². The molecule has 3 heterocycles. The van der Waals surface area contributed by atoms with Crippen LogP contribution in [0.15, 0.2) is 52.9 Å². The normalized spacial score (nSPS) is 15.3. The molecule has 7 heteroatoms. The summed E-state index contributed by atoms with van der Waals surface area (Å²) in [6.07, 6.45) is 0. The van der Waals surface area contributed by atoms with Crippen molar-refractivity contribution in [3.63, 3.8) is 0 Å². The molecule has 0 saturated heterocycles. The Balaban J connectivity index is 1.85. The maximum Gasteiger partial charge on any atom is 0.330 e. The van der Waals surface area contributed by atoms with Gasteiger partial charge in [0.2, 0.25) is 0 Å². The molecule has 138 valence electrons. The number of hydrogen-bond donors (Lipinski definition) is 0. The molecular weight excluding hydrogens is 362 g/mol. The van der Waals surface area contributed by atoms with E-state index in [-0.39, 0.29) is 12.5 Å². The van der Waals surface area contributed by atoms with Crippen LogP contribution in [0, 0.1) is 0 Å². The van der Waals surface area contributed by atoms with E-state index in [9.17, 15) is 9.59 Å². The van der Waals surface area contributed by atoms with Crippen LogP contribution in [-0.4, -0.2) is 39.8 Å². The Hall–Kier alpha value is -2.93. The summed E-state index contributed by atoms with van der Waals surface area (Å²) in [5.74, 6) is -0.770. The van der Waals surface area contributed by atoms with E-state index in [1.807, 2.05) is 52.4 Å². The molecule has 0 fully saturated rings. The highest BCUT2D eigenvalue weighted by molar-refractivity contribution is 7.17. The van der Waals surface area contributed by atoms with Crippen molar-refractivity contribution in [1.29, 1.82) is 0 Å². The average molecular weight is 381 g/mol. The van der Waals surface area contributed by atoms with Crippen LogP contribution in [0.2, 0.25) is 0 Å². The Morgan fingerprint density at radius 3 is 2.81 bits per heavy atom. The first-order valence-electron chi connectivity index (χ1n) is 8.80. The molecule has 6 nitrogen and oxygen atoms in total. The highest BCUT2D eigenvalue weighted by atomic mass is 32.1. The molecule has 0 saturated carbocycles. The van der Waals surface area contributed by atoms with Crippen molar-refractivity contribution in [1.82, 2.24) is 9.58 Å². The van der Waals surface area contributed by atoms with Crippen LogP contribution in [-0.2, 0) is 16.1 Å². The van der Waals surface area contributed by atoms with Crippen molar-refractivity contribution >= 4 is 39.1 Å². The van der Waals surface area contributed by atoms with E-state index >= 15 is 0 Å². The minimum atomic E-state index is -0.810. The summed E-state index contributed by atoms with van der Waals surface area (Å²) < 4.78 is 8.12. The Morgan fingerprint density at radius 2 is 2.07 bits per heavy atom. The molecular formula is C20H19N3O3S. The van der Waals surface area contributed by atoms with Gasteiger partial charge in [0.05, 0.1) is 29.1 Å². The van der Waals surface area contributed by atoms with Crippen molar-refractivity contribution in [2.75, 3.05) is 6.61 Å². The van der Waals surface area contributed by atoms with Gasteiger partial charge in [0.1, 0.15) is 5.69 Å². The first-order valence-corrected chi connectivity index (χ1v) is 9.68. The maximum absolute atomic E-state index is 13.2. The Labute approximate surface area is 160 Å². The summed E-state index contributed by atoms with van der Waals surface area (Å²) in [6.45, 7) is 4.10. The third-order valence-corrected chi connectivity index (χ3v) is 5.44. The lowest BCUT2D eigenvalue weighted by molar-refractivity contribution is -0.147. The highest BCUT2D eigenvalue weighted by Gasteiger charge is 2.33. The van der Waals surface area contributed by atoms with E-state index in [4.69, 9.17) is 4.74 Å².